The standard InChI is InChI=1S/C10H21N3O/c1-11-6-7-13(2)10(14)9-4-3-5-12-8-9/h9,11-12H,3-8H2,1-2H3/t9-/m0/s1. The largest absolute Gasteiger partial charge is 0.344 e. The number of hydrogen-bond acceptors (Lipinski definition) is 3. The maximum absolute atomic E-state index is 11.9. The summed E-state index contributed by atoms with van der Waals surface area (Å²) in [6.07, 6.45) is 2.16. The zero-order valence-electron chi connectivity index (χ0n) is 9.18. The summed E-state index contributed by atoms with van der Waals surface area (Å²) in [7, 11) is 3.79. The van der Waals surface area contributed by atoms with Crippen molar-refractivity contribution >= 4 is 5.91 Å². The van der Waals surface area contributed by atoms with Crippen molar-refractivity contribution < 1.29 is 4.79 Å². The third kappa shape index (κ3) is 3.27. The van der Waals surface area contributed by atoms with Crippen LogP contribution < -0.4 is 10.6 Å². The number of nitrogens with zero attached hydrogens (tertiary/aromatic N) is 1. The molecule has 1 saturated heterocycles. The van der Waals surface area contributed by atoms with E-state index in [0.29, 0.717) is 0 Å². The lowest BCUT2D eigenvalue weighted by Gasteiger charge is -2.26. The van der Waals surface area contributed by atoms with Gasteiger partial charge < -0.3 is 15.5 Å². The van der Waals surface area contributed by atoms with Gasteiger partial charge in [0.2, 0.25) is 5.91 Å². The number of carbonyl (C=O) groups is 1. The summed E-state index contributed by atoms with van der Waals surface area (Å²) in [6.45, 7) is 3.57. The van der Waals surface area contributed by atoms with Gasteiger partial charge in [0.25, 0.3) is 0 Å². The summed E-state index contributed by atoms with van der Waals surface area (Å²) in [4.78, 5) is 13.7. The Morgan fingerprint density at radius 1 is 1.64 bits per heavy atom. The lowest BCUT2D eigenvalue weighted by Crippen LogP contribution is -2.43. The predicted molar refractivity (Wildman–Crippen MR) is 57.2 cm³/mol. The van der Waals surface area contributed by atoms with Gasteiger partial charge in [0.15, 0.2) is 0 Å². The zero-order chi connectivity index (χ0) is 10.4. The summed E-state index contributed by atoms with van der Waals surface area (Å²) in [5.74, 6) is 0.484. The minimum Gasteiger partial charge on any atom is -0.344 e. The van der Waals surface area contributed by atoms with Gasteiger partial charge in [-0.1, -0.05) is 0 Å². The lowest BCUT2D eigenvalue weighted by molar-refractivity contribution is -0.134. The van der Waals surface area contributed by atoms with Gasteiger partial charge in [0.05, 0.1) is 5.92 Å². The molecule has 0 aromatic carbocycles. The van der Waals surface area contributed by atoms with Crippen molar-refractivity contribution in [1.82, 2.24) is 15.5 Å². The summed E-state index contributed by atoms with van der Waals surface area (Å²) < 4.78 is 0. The molecule has 4 nitrogen and oxygen atoms in total. The molecule has 1 amide bonds. The maximum Gasteiger partial charge on any atom is 0.226 e. The highest BCUT2D eigenvalue weighted by Crippen LogP contribution is 2.12. The Hall–Kier alpha value is -0.610. The Labute approximate surface area is 86.0 Å². The Kier molecular flexibility index (Phi) is 4.90. The minimum absolute atomic E-state index is 0.200. The smallest absolute Gasteiger partial charge is 0.226 e. The van der Waals surface area contributed by atoms with Crippen molar-refractivity contribution in [2.24, 2.45) is 5.92 Å². The Balaban J connectivity index is 2.30. The first-order valence-corrected chi connectivity index (χ1v) is 5.36. The molecule has 0 aliphatic carbocycles. The van der Waals surface area contributed by atoms with Crippen LogP contribution in [-0.2, 0) is 4.79 Å². The van der Waals surface area contributed by atoms with Gasteiger partial charge in [0, 0.05) is 26.7 Å². The van der Waals surface area contributed by atoms with Crippen LogP contribution in [0.25, 0.3) is 0 Å². The zero-order valence-corrected chi connectivity index (χ0v) is 9.18. The van der Waals surface area contributed by atoms with Crippen LogP contribution in [0.4, 0.5) is 0 Å². The number of rotatable bonds is 4. The van der Waals surface area contributed by atoms with E-state index in [4.69, 9.17) is 0 Å². The van der Waals surface area contributed by atoms with Crippen LogP contribution in [0.3, 0.4) is 0 Å². The van der Waals surface area contributed by atoms with Gasteiger partial charge in [-0.25, -0.2) is 0 Å². The number of amides is 1. The van der Waals surface area contributed by atoms with Crippen LogP contribution in [-0.4, -0.2) is 51.1 Å². The average molecular weight is 199 g/mol. The molecule has 0 radical (unpaired) electrons. The molecule has 1 heterocycles. The molecule has 2 N–H and O–H groups in total. The van der Waals surface area contributed by atoms with E-state index in [0.717, 1.165) is 39.0 Å². The van der Waals surface area contributed by atoms with Crippen LogP contribution in [0.5, 0.6) is 0 Å². The summed E-state index contributed by atoms with van der Waals surface area (Å²) in [5.41, 5.74) is 0. The Morgan fingerprint density at radius 2 is 2.43 bits per heavy atom. The molecule has 1 atom stereocenters. The van der Waals surface area contributed by atoms with Crippen molar-refractivity contribution in [2.45, 2.75) is 12.8 Å². The van der Waals surface area contributed by atoms with E-state index in [-0.39, 0.29) is 11.8 Å². The molecule has 0 unspecified atom stereocenters. The lowest BCUT2D eigenvalue weighted by atomic mass is 9.98. The Bertz CT molecular complexity index is 178. The summed E-state index contributed by atoms with van der Waals surface area (Å²) in [5, 5.41) is 6.31. The second kappa shape index (κ2) is 5.98. The second-order valence-electron chi connectivity index (χ2n) is 3.91. The van der Waals surface area contributed by atoms with E-state index in [1.54, 1.807) is 0 Å². The SMILES string of the molecule is CNCCN(C)C(=O)[C@H]1CCCNC1. The molecule has 0 aromatic rings. The molecule has 1 aliphatic heterocycles. The van der Waals surface area contributed by atoms with Gasteiger partial charge in [-0.15, -0.1) is 0 Å². The summed E-state index contributed by atoms with van der Waals surface area (Å²) >= 11 is 0. The maximum atomic E-state index is 11.9. The molecule has 1 fully saturated rings. The molecule has 0 bridgehead atoms. The van der Waals surface area contributed by atoms with Gasteiger partial charge in [-0.2, -0.15) is 0 Å². The Morgan fingerprint density at radius 3 is 3.00 bits per heavy atom. The summed E-state index contributed by atoms with van der Waals surface area (Å²) in [6, 6.07) is 0. The number of nitrogens with one attached hydrogen (secondary N) is 2. The van der Waals surface area contributed by atoms with Crippen molar-refractivity contribution in [3.63, 3.8) is 0 Å². The van der Waals surface area contributed by atoms with Gasteiger partial charge in [-0.3, -0.25) is 4.79 Å². The van der Waals surface area contributed by atoms with Gasteiger partial charge in [0.1, 0.15) is 0 Å². The second-order valence-corrected chi connectivity index (χ2v) is 3.91. The van der Waals surface area contributed by atoms with E-state index < -0.39 is 0 Å². The molecule has 4 heteroatoms. The number of carbonyl (C=O) groups excluding carboxylic acids is 1. The van der Waals surface area contributed by atoms with Crippen molar-refractivity contribution in [3.05, 3.63) is 0 Å². The van der Waals surface area contributed by atoms with E-state index in [1.807, 2.05) is 19.0 Å². The van der Waals surface area contributed by atoms with Gasteiger partial charge in [-0.05, 0) is 26.4 Å². The third-order valence-electron chi connectivity index (χ3n) is 2.72. The first-order valence-electron chi connectivity index (χ1n) is 5.36. The van der Waals surface area contributed by atoms with Crippen molar-refractivity contribution in [2.75, 3.05) is 40.3 Å². The molecule has 1 aliphatic rings. The number of hydrogen-bond donors (Lipinski definition) is 2. The highest BCUT2D eigenvalue weighted by atomic mass is 16.2. The van der Waals surface area contributed by atoms with E-state index in [2.05, 4.69) is 10.6 Å². The monoisotopic (exact) mass is 199 g/mol. The molecule has 14 heavy (non-hydrogen) atoms. The van der Waals surface area contributed by atoms with Crippen LogP contribution in [0.15, 0.2) is 0 Å². The molecular weight excluding hydrogens is 178 g/mol. The first kappa shape index (κ1) is 11.5. The van der Waals surface area contributed by atoms with E-state index in [9.17, 15) is 4.79 Å². The van der Waals surface area contributed by atoms with E-state index in [1.165, 1.54) is 0 Å². The first-order chi connectivity index (χ1) is 6.75. The fourth-order valence-electron chi connectivity index (χ4n) is 1.76. The molecule has 82 valence electrons. The highest BCUT2D eigenvalue weighted by Gasteiger charge is 2.23. The molecule has 1 rings (SSSR count). The molecule has 0 aromatic heterocycles. The average Bonchev–Trinajstić information content (AvgIpc) is 2.26. The molecule has 0 spiro atoms. The third-order valence-corrected chi connectivity index (χ3v) is 2.72. The number of piperidine rings is 1. The van der Waals surface area contributed by atoms with Crippen LogP contribution >= 0.6 is 0 Å². The van der Waals surface area contributed by atoms with Crippen molar-refractivity contribution in [1.29, 1.82) is 0 Å². The van der Waals surface area contributed by atoms with Crippen molar-refractivity contribution in [3.8, 4) is 0 Å². The molecular formula is C10H21N3O. The fraction of sp³-hybridized carbons (Fsp3) is 0.900. The predicted octanol–water partition coefficient (Wildman–Crippen LogP) is -0.336. The van der Waals surface area contributed by atoms with Crippen LogP contribution in [0.1, 0.15) is 12.8 Å². The van der Waals surface area contributed by atoms with Crippen LogP contribution in [0.2, 0.25) is 0 Å². The minimum atomic E-state index is 0.200. The quantitative estimate of drug-likeness (QED) is 0.651. The van der Waals surface area contributed by atoms with Crippen LogP contribution in [0, 0.1) is 5.92 Å². The fourth-order valence-corrected chi connectivity index (χ4v) is 1.76. The highest BCUT2D eigenvalue weighted by molar-refractivity contribution is 5.78. The van der Waals surface area contributed by atoms with E-state index >= 15 is 0 Å². The normalized spacial score (nSPS) is 22.0. The van der Waals surface area contributed by atoms with Gasteiger partial charge >= 0.3 is 0 Å². The topological polar surface area (TPSA) is 44.4 Å². The number of likely N-dealkylation sites (N-methyl/N-ethyl adjacent to an activating group) is 2. The molecule has 0 saturated carbocycles.